The Labute approximate surface area is 107 Å². The van der Waals surface area contributed by atoms with Crippen LogP contribution in [0, 0.1) is 5.92 Å². The lowest BCUT2D eigenvalue weighted by molar-refractivity contribution is 0.0668. The number of ether oxygens (including phenoxy) is 1. The van der Waals surface area contributed by atoms with Crippen molar-refractivity contribution in [2.45, 2.75) is 19.8 Å². The lowest BCUT2D eigenvalue weighted by Gasteiger charge is -2.30. The molecule has 4 nitrogen and oxygen atoms in total. The van der Waals surface area contributed by atoms with Crippen LogP contribution in [0.2, 0.25) is 0 Å². The fourth-order valence-electron chi connectivity index (χ4n) is 2.33. The molecular formula is C14H19NO3. The van der Waals surface area contributed by atoms with Gasteiger partial charge >= 0.3 is 5.97 Å². The predicted octanol–water partition coefficient (Wildman–Crippen LogP) is 2.45. The van der Waals surface area contributed by atoms with Gasteiger partial charge in [0.2, 0.25) is 0 Å². The minimum Gasteiger partial charge on any atom is -0.478 e. The molecule has 1 fully saturated rings. The summed E-state index contributed by atoms with van der Waals surface area (Å²) < 4.78 is 5.63. The van der Waals surface area contributed by atoms with E-state index >= 15 is 0 Å². The molecule has 1 N–H and O–H groups in total. The zero-order valence-corrected chi connectivity index (χ0v) is 10.6. The van der Waals surface area contributed by atoms with Gasteiger partial charge in [0.1, 0.15) is 18.0 Å². The number of para-hydroxylation sites is 1. The van der Waals surface area contributed by atoms with E-state index in [9.17, 15) is 4.79 Å². The fourth-order valence-corrected chi connectivity index (χ4v) is 2.33. The van der Waals surface area contributed by atoms with Crippen LogP contribution >= 0.6 is 0 Å². The molecule has 1 saturated heterocycles. The largest absolute Gasteiger partial charge is 0.478 e. The van der Waals surface area contributed by atoms with Gasteiger partial charge in [-0.25, -0.2) is 4.79 Å². The van der Waals surface area contributed by atoms with E-state index in [0.717, 1.165) is 13.1 Å². The zero-order chi connectivity index (χ0) is 13.0. The number of carboxylic acids is 1. The van der Waals surface area contributed by atoms with Crippen molar-refractivity contribution in [2.24, 2.45) is 5.92 Å². The standard InChI is InChI=1S/C14H19NO3/c1-11-5-4-8-15(9-11)10-18-13-7-3-2-6-12(13)14(16)17/h2-3,6-7,11H,4-5,8-10H2,1H3,(H,16,17). The molecule has 1 heterocycles. The van der Waals surface area contributed by atoms with Gasteiger partial charge in [-0.15, -0.1) is 0 Å². The average molecular weight is 249 g/mol. The number of benzene rings is 1. The van der Waals surface area contributed by atoms with Crippen LogP contribution in [0.25, 0.3) is 0 Å². The van der Waals surface area contributed by atoms with Crippen molar-refractivity contribution in [3.05, 3.63) is 29.8 Å². The Morgan fingerprint density at radius 1 is 1.50 bits per heavy atom. The first-order valence-electron chi connectivity index (χ1n) is 6.34. The van der Waals surface area contributed by atoms with Gasteiger partial charge in [0.15, 0.2) is 0 Å². The highest BCUT2D eigenvalue weighted by atomic mass is 16.5. The molecule has 1 aromatic rings. The van der Waals surface area contributed by atoms with Crippen molar-refractivity contribution in [3.63, 3.8) is 0 Å². The Bertz CT molecular complexity index is 419. The monoisotopic (exact) mass is 249 g/mol. The van der Waals surface area contributed by atoms with Crippen LogP contribution in [-0.4, -0.2) is 35.8 Å². The molecule has 1 aliphatic rings. The predicted molar refractivity (Wildman–Crippen MR) is 68.9 cm³/mol. The second kappa shape index (κ2) is 5.87. The number of hydrogen-bond donors (Lipinski definition) is 1. The molecule has 4 heteroatoms. The van der Waals surface area contributed by atoms with Crippen molar-refractivity contribution in [2.75, 3.05) is 19.8 Å². The summed E-state index contributed by atoms with van der Waals surface area (Å²) in [7, 11) is 0. The van der Waals surface area contributed by atoms with E-state index in [1.165, 1.54) is 12.8 Å². The van der Waals surface area contributed by atoms with E-state index in [1.807, 2.05) is 0 Å². The zero-order valence-electron chi connectivity index (χ0n) is 10.6. The van der Waals surface area contributed by atoms with Crippen LogP contribution in [0.3, 0.4) is 0 Å². The molecule has 1 unspecified atom stereocenters. The molecule has 2 rings (SSSR count). The summed E-state index contributed by atoms with van der Waals surface area (Å²) in [5, 5.41) is 9.05. The summed E-state index contributed by atoms with van der Waals surface area (Å²) in [5.74, 6) is 0.193. The van der Waals surface area contributed by atoms with Crippen LogP contribution in [0.1, 0.15) is 30.1 Å². The Balaban J connectivity index is 1.95. The molecule has 0 saturated carbocycles. The van der Waals surface area contributed by atoms with E-state index in [-0.39, 0.29) is 5.56 Å². The Morgan fingerprint density at radius 3 is 3.00 bits per heavy atom. The molecule has 0 aliphatic carbocycles. The molecular weight excluding hydrogens is 230 g/mol. The van der Waals surface area contributed by atoms with E-state index in [0.29, 0.717) is 18.4 Å². The van der Waals surface area contributed by atoms with Crippen LogP contribution in [0.15, 0.2) is 24.3 Å². The molecule has 1 aromatic carbocycles. The highest BCUT2D eigenvalue weighted by Gasteiger charge is 2.17. The van der Waals surface area contributed by atoms with Crippen molar-refractivity contribution < 1.29 is 14.6 Å². The van der Waals surface area contributed by atoms with Crippen molar-refractivity contribution in [1.29, 1.82) is 0 Å². The number of piperidine rings is 1. The van der Waals surface area contributed by atoms with Gasteiger partial charge in [0, 0.05) is 13.1 Å². The lowest BCUT2D eigenvalue weighted by atomic mass is 10.0. The summed E-state index contributed by atoms with van der Waals surface area (Å²) in [5.41, 5.74) is 0.225. The van der Waals surface area contributed by atoms with Gasteiger partial charge in [-0.05, 0) is 30.9 Å². The maximum atomic E-state index is 11.0. The second-order valence-electron chi connectivity index (χ2n) is 4.90. The van der Waals surface area contributed by atoms with E-state index < -0.39 is 5.97 Å². The number of nitrogens with zero attached hydrogens (tertiary/aromatic N) is 1. The quantitative estimate of drug-likeness (QED) is 0.890. The third-order valence-electron chi connectivity index (χ3n) is 3.26. The average Bonchev–Trinajstić information content (AvgIpc) is 2.37. The summed E-state index contributed by atoms with van der Waals surface area (Å²) in [6.07, 6.45) is 2.45. The first-order valence-corrected chi connectivity index (χ1v) is 6.34. The van der Waals surface area contributed by atoms with E-state index in [1.54, 1.807) is 24.3 Å². The summed E-state index contributed by atoms with van der Waals surface area (Å²) >= 11 is 0. The minimum atomic E-state index is -0.947. The highest BCUT2D eigenvalue weighted by Crippen LogP contribution is 2.20. The highest BCUT2D eigenvalue weighted by molar-refractivity contribution is 5.90. The number of rotatable bonds is 4. The van der Waals surface area contributed by atoms with E-state index in [2.05, 4.69) is 11.8 Å². The van der Waals surface area contributed by atoms with Gasteiger partial charge in [0.05, 0.1) is 0 Å². The van der Waals surface area contributed by atoms with Crippen molar-refractivity contribution in [1.82, 2.24) is 4.90 Å². The van der Waals surface area contributed by atoms with Crippen molar-refractivity contribution in [3.8, 4) is 5.75 Å². The van der Waals surface area contributed by atoms with Gasteiger partial charge < -0.3 is 9.84 Å². The molecule has 1 aliphatic heterocycles. The Hall–Kier alpha value is -1.55. The van der Waals surface area contributed by atoms with Gasteiger partial charge in [-0.2, -0.15) is 0 Å². The Kier molecular flexibility index (Phi) is 4.20. The van der Waals surface area contributed by atoms with Crippen LogP contribution in [-0.2, 0) is 0 Å². The third-order valence-corrected chi connectivity index (χ3v) is 3.26. The van der Waals surface area contributed by atoms with Crippen molar-refractivity contribution >= 4 is 5.97 Å². The lowest BCUT2D eigenvalue weighted by Crippen LogP contribution is -2.37. The van der Waals surface area contributed by atoms with E-state index in [4.69, 9.17) is 9.84 Å². The summed E-state index contributed by atoms with van der Waals surface area (Å²) in [4.78, 5) is 13.3. The number of carboxylic acid groups (broad SMARTS) is 1. The second-order valence-corrected chi connectivity index (χ2v) is 4.90. The SMILES string of the molecule is CC1CCCN(COc2ccccc2C(=O)O)C1. The summed E-state index contributed by atoms with van der Waals surface area (Å²) in [6.45, 7) is 4.75. The number of likely N-dealkylation sites (tertiary alicyclic amines) is 1. The molecule has 0 aromatic heterocycles. The van der Waals surface area contributed by atoms with Gasteiger partial charge in [-0.1, -0.05) is 19.1 Å². The third kappa shape index (κ3) is 3.23. The number of aromatic carboxylic acids is 1. The molecule has 98 valence electrons. The number of carbonyl (C=O) groups is 1. The number of hydrogen-bond acceptors (Lipinski definition) is 3. The normalized spacial score (nSPS) is 20.6. The Morgan fingerprint density at radius 2 is 2.28 bits per heavy atom. The molecule has 0 spiro atoms. The fraction of sp³-hybridized carbons (Fsp3) is 0.500. The smallest absolute Gasteiger partial charge is 0.339 e. The summed E-state index contributed by atoms with van der Waals surface area (Å²) in [6, 6.07) is 6.77. The molecule has 18 heavy (non-hydrogen) atoms. The van der Waals surface area contributed by atoms with Gasteiger partial charge in [0.25, 0.3) is 0 Å². The minimum absolute atomic E-state index is 0.225. The molecule has 0 radical (unpaired) electrons. The first kappa shape index (κ1) is 12.9. The first-order chi connectivity index (χ1) is 8.66. The maximum absolute atomic E-state index is 11.0. The topological polar surface area (TPSA) is 49.8 Å². The molecule has 1 atom stereocenters. The molecule has 0 bridgehead atoms. The van der Waals surface area contributed by atoms with Gasteiger partial charge in [-0.3, -0.25) is 4.90 Å². The van der Waals surface area contributed by atoms with Crippen LogP contribution < -0.4 is 4.74 Å². The van der Waals surface area contributed by atoms with Crippen LogP contribution in [0.4, 0.5) is 0 Å². The maximum Gasteiger partial charge on any atom is 0.339 e. The molecule has 0 amide bonds. The van der Waals surface area contributed by atoms with Crippen LogP contribution in [0.5, 0.6) is 5.75 Å².